The number of hydrogen-bond acceptors (Lipinski definition) is 1. The molecule has 15 heavy (non-hydrogen) atoms. The second-order valence-electron chi connectivity index (χ2n) is 4.52. The quantitative estimate of drug-likeness (QED) is 0.390. The normalized spacial score (nSPS) is 13.3. The summed E-state index contributed by atoms with van der Waals surface area (Å²) in [6.07, 6.45) is 4.74. The van der Waals surface area contributed by atoms with Crippen LogP contribution in [0.3, 0.4) is 0 Å². The molecule has 0 saturated heterocycles. The summed E-state index contributed by atoms with van der Waals surface area (Å²) in [6.45, 7) is 8.86. The lowest BCUT2D eigenvalue weighted by Crippen LogP contribution is -2.57. The highest BCUT2D eigenvalue weighted by atomic mass is 16.1. The van der Waals surface area contributed by atoms with Crippen molar-refractivity contribution in [1.82, 2.24) is 5.32 Å². The molecule has 1 N–H and O–H groups in total. The Morgan fingerprint density at radius 2 is 2.00 bits per heavy atom. The van der Waals surface area contributed by atoms with Crippen LogP contribution < -0.4 is 5.32 Å². The minimum atomic E-state index is -0.0734. The molecule has 0 rings (SSSR count). The van der Waals surface area contributed by atoms with Gasteiger partial charge < -0.3 is 9.80 Å². The van der Waals surface area contributed by atoms with E-state index in [-0.39, 0.29) is 12.1 Å². The molecule has 0 radical (unpaired) electrons. The van der Waals surface area contributed by atoms with E-state index in [1.807, 2.05) is 0 Å². The lowest BCUT2D eigenvalue weighted by molar-refractivity contribution is -0.917. The molecular weight excluding hydrogens is 188 g/mol. The van der Waals surface area contributed by atoms with E-state index in [0.717, 1.165) is 30.3 Å². The first-order valence-electron chi connectivity index (χ1n) is 5.73. The molecule has 0 aliphatic heterocycles. The third-order valence-electron chi connectivity index (χ3n) is 2.70. The lowest BCUT2D eigenvalue weighted by Gasteiger charge is -2.38. The van der Waals surface area contributed by atoms with E-state index in [2.05, 4.69) is 39.8 Å². The van der Waals surface area contributed by atoms with Crippen molar-refractivity contribution >= 4 is 5.91 Å². The summed E-state index contributed by atoms with van der Waals surface area (Å²) in [5.41, 5.74) is 0. The molecule has 0 aliphatic carbocycles. The molecule has 0 aromatic rings. The molecule has 0 spiro atoms. The number of nitrogens with zero attached hydrogens (tertiary/aromatic N) is 1. The standard InChI is InChI=1S/C12H24N2O/c1-6-9-11(13-12(15)8-3)14(4,5)10-7-2/h8,11H,3,6-7,9-10H2,1-2,4-5H3/p+1. The molecule has 0 aliphatic rings. The van der Waals surface area contributed by atoms with Gasteiger partial charge in [-0.1, -0.05) is 20.4 Å². The number of carbonyl (C=O) groups is 1. The van der Waals surface area contributed by atoms with Crippen molar-refractivity contribution in [1.29, 1.82) is 0 Å². The maximum absolute atomic E-state index is 11.3. The molecule has 0 aromatic heterocycles. The lowest BCUT2D eigenvalue weighted by atomic mass is 10.2. The minimum Gasteiger partial charge on any atom is -0.309 e. The van der Waals surface area contributed by atoms with Gasteiger partial charge in [-0.25, -0.2) is 0 Å². The zero-order valence-electron chi connectivity index (χ0n) is 10.5. The predicted octanol–water partition coefficient (Wildman–Crippen LogP) is 1.90. The van der Waals surface area contributed by atoms with Crippen LogP contribution in [0.1, 0.15) is 33.1 Å². The summed E-state index contributed by atoms with van der Waals surface area (Å²) in [5.74, 6) is -0.0734. The maximum Gasteiger partial charge on any atom is 0.247 e. The van der Waals surface area contributed by atoms with E-state index < -0.39 is 0 Å². The molecule has 1 unspecified atom stereocenters. The van der Waals surface area contributed by atoms with Gasteiger partial charge >= 0.3 is 0 Å². The van der Waals surface area contributed by atoms with Crippen molar-refractivity contribution in [3.63, 3.8) is 0 Å². The first-order valence-corrected chi connectivity index (χ1v) is 5.73. The van der Waals surface area contributed by atoms with Crippen molar-refractivity contribution in [2.24, 2.45) is 0 Å². The number of quaternary nitrogens is 1. The largest absolute Gasteiger partial charge is 0.309 e. The minimum absolute atomic E-state index is 0.0734. The third-order valence-corrected chi connectivity index (χ3v) is 2.70. The fourth-order valence-electron chi connectivity index (χ4n) is 1.83. The highest BCUT2D eigenvalue weighted by Gasteiger charge is 2.27. The third kappa shape index (κ3) is 4.98. The number of nitrogens with one attached hydrogen (secondary N) is 1. The van der Waals surface area contributed by atoms with Crippen LogP contribution in [0.15, 0.2) is 12.7 Å². The molecular formula is C12H25N2O+. The van der Waals surface area contributed by atoms with Gasteiger partial charge in [-0.2, -0.15) is 0 Å². The molecule has 3 heteroatoms. The SMILES string of the molecule is C=CC(=O)NC(CCC)[N+](C)(C)CCC. The molecule has 0 bridgehead atoms. The number of rotatable bonds is 7. The van der Waals surface area contributed by atoms with Crippen LogP contribution in [0.5, 0.6) is 0 Å². The Balaban J connectivity index is 4.48. The average Bonchev–Trinajstić information content (AvgIpc) is 2.16. The Hall–Kier alpha value is -0.830. The van der Waals surface area contributed by atoms with Crippen LogP contribution in [0.4, 0.5) is 0 Å². The summed E-state index contributed by atoms with van der Waals surface area (Å²) in [4.78, 5) is 11.3. The van der Waals surface area contributed by atoms with Gasteiger partial charge in [-0.3, -0.25) is 4.79 Å². The van der Waals surface area contributed by atoms with Gasteiger partial charge in [0.1, 0.15) is 0 Å². The fraction of sp³-hybridized carbons (Fsp3) is 0.750. The first-order chi connectivity index (χ1) is 6.97. The zero-order chi connectivity index (χ0) is 11.9. The van der Waals surface area contributed by atoms with Crippen LogP contribution in [0.2, 0.25) is 0 Å². The van der Waals surface area contributed by atoms with Crippen molar-refractivity contribution < 1.29 is 9.28 Å². The molecule has 0 saturated carbocycles. The van der Waals surface area contributed by atoms with E-state index in [1.54, 1.807) is 0 Å². The summed E-state index contributed by atoms with van der Waals surface area (Å²) in [7, 11) is 4.32. The Labute approximate surface area is 93.7 Å². The molecule has 0 fully saturated rings. The van der Waals surface area contributed by atoms with Crippen molar-refractivity contribution in [3.05, 3.63) is 12.7 Å². The second kappa shape index (κ2) is 6.62. The van der Waals surface area contributed by atoms with Crippen LogP contribution in [0, 0.1) is 0 Å². The monoisotopic (exact) mass is 213 g/mol. The van der Waals surface area contributed by atoms with E-state index in [9.17, 15) is 4.79 Å². The molecule has 1 amide bonds. The van der Waals surface area contributed by atoms with Gasteiger partial charge in [0.15, 0.2) is 6.17 Å². The van der Waals surface area contributed by atoms with E-state index in [4.69, 9.17) is 0 Å². The predicted molar refractivity (Wildman–Crippen MR) is 64.3 cm³/mol. The molecule has 0 aromatic carbocycles. The molecule has 88 valence electrons. The van der Waals surface area contributed by atoms with Crippen LogP contribution in [-0.2, 0) is 4.79 Å². The molecule has 1 atom stereocenters. The smallest absolute Gasteiger partial charge is 0.247 e. The van der Waals surface area contributed by atoms with Gasteiger partial charge in [0.2, 0.25) is 5.91 Å². The van der Waals surface area contributed by atoms with Gasteiger partial charge in [0, 0.05) is 6.42 Å². The highest BCUT2D eigenvalue weighted by molar-refractivity contribution is 5.86. The Kier molecular flexibility index (Phi) is 6.25. The van der Waals surface area contributed by atoms with Crippen molar-refractivity contribution in [3.8, 4) is 0 Å². The Morgan fingerprint density at radius 1 is 1.40 bits per heavy atom. The molecule has 3 nitrogen and oxygen atoms in total. The number of carbonyl (C=O) groups excluding carboxylic acids is 1. The summed E-state index contributed by atoms with van der Waals surface area (Å²) < 4.78 is 0.837. The van der Waals surface area contributed by atoms with E-state index >= 15 is 0 Å². The van der Waals surface area contributed by atoms with Gasteiger partial charge in [0.05, 0.1) is 20.6 Å². The second-order valence-corrected chi connectivity index (χ2v) is 4.52. The highest BCUT2D eigenvalue weighted by Crippen LogP contribution is 2.11. The van der Waals surface area contributed by atoms with Crippen LogP contribution in [0.25, 0.3) is 0 Å². The summed E-state index contributed by atoms with van der Waals surface area (Å²) >= 11 is 0. The van der Waals surface area contributed by atoms with Crippen LogP contribution in [-0.4, -0.2) is 37.2 Å². The van der Waals surface area contributed by atoms with Gasteiger partial charge in [-0.05, 0) is 18.9 Å². The average molecular weight is 213 g/mol. The summed E-state index contributed by atoms with van der Waals surface area (Å²) in [5, 5.41) is 3.01. The van der Waals surface area contributed by atoms with Crippen molar-refractivity contribution in [2.45, 2.75) is 39.3 Å². The van der Waals surface area contributed by atoms with Crippen molar-refractivity contribution in [2.75, 3.05) is 20.6 Å². The molecule has 0 heterocycles. The van der Waals surface area contributed by atoms with Crippen LogP contribution >= 0.6 is 0 Å². The van der Waals surface area contributed by atoms with E-state index in [1.165, 1.54) is 6.08 Å². The Morgan fingerprint density at radius 3 is 2.40 bits per heavy atom. The first kappa shape index (κ1) is 14.2. The maximum atomic E-state index is 11.3. The van der Waals surface area contributed by atoms with Gasteiger partial charge in [0.25, 0.3) is 0 Å². The number of amides is 1. The zero-order valence-corrected chi connectivity index (χ0v) is 10.5. The summed E-state index contributed by atoms with van der Waals surface area (Å²) in [6, 6.07) is 0. The Bertz CT molecular complexity index is 212. The number of hydrogen-bond donors (Lipinski definition) is 1. The van der Waals surface area contributed by atoms with E-state index in [0.29, 0.717) is 0 Å². The fourth-order valence-corrected chi connectivity index (χ4v) is 1.83. The van der Waals surface area contributed by atoms with Gasteiger partial charge in [-0.15, -0.1) is 0 Å². The topological polar surface area (TPSA) is 29.1 Å².